The number of phenols is 2. The molecule has 0 spiro atoms. The number of rotatable bonds is 4. The highest BCUT2D eigenvalue weighted by Crippen LogP contribution is 2.40. The summed E-state index contributed by atoms with van der Waals surface area (Å²) in [6.07, 6.45) is 0. The van der Waals surface area contributed by atoms with Gasteiger partial charge in [-0.25, -0.2) is 0 Å². The average molecular weight is 325 g/mol. The molecule has 0 aliphatic heterocycles. The van der Waals surface area contributed by atoms with Gasteiger partial charge in [-0.1, -0.05) is 38.1 Å². The molecule has 0 fully saturated rings. The summed E-state index contributed by atoms with van der Waals surface area (Å²) >= 11 is 0. The highest BCUT2D eigenvalue weighted by molar-refractivity contribution is 6.29. The monoisotopic (exact) mass is 325 g/mol. The Bertz CT molecular complexity index is 838. The van der Waals surface area contributed by atoms with Gasteiger partial charge in [-0.2, -0.15) is 0 Å². The van der Waals surface area contributed by atoms with E-state index in [-0.39, 0.29) is 28.2 Å². The van der Waals surface area contributed by atoms with Crippen LogP contribution in [0.4, 0.5) is 0 Å². The molecule has 2 aromatic carbocycles. The zero-order valence-electron chi connectivity index (χ0n) is 13.7. The maximum atomic E-state index is 12.7. The van der Waals surface area contributed by atoms with Gasteiger partial charge in [0.25, 0.3) is 0 Å². The Labute approximate surface area is 140 Å². The lowest BCUT2D eigenvalue weighted by molar-refractivity contribution is 0.0976. The van der Waals surface area contributed by atoms with Gasteiger partial charge < -0.3 is 10.2 Å². The van der Waals surface area contributed by atoms with E-state index in [0.717, 1.165) is 13.1 Å². The number of ketones is 2. The fourth-order valence-corrected chi connectivity index (χ4v) is 3.09. The second-order valence-electron chi connectivity index (χ2n) is 5.82. The van der Waals surface area contributed by atoms with Crippen LogP contribution in [0.15, 0.2) is 30.3 Å². The Morgan fingerprint density at radius 1 is 0.875 bits per heavy atom. The first kappa shape index (κ1) is 16.2. The molecule has 124 valence electrons. The minimum absolute atomic E-state index is 0.112. The normalized spacial score (nSPS) is 13.1. The predicted molar refractivity (Wildman–Crippen MR) is 89.7 cm³/mol. The van der Waals surface area contributed by atoms with Crippen molar-refractivity contribution in [3.05, 3.63) is 58.1 Å². The number of carbonyl (C=O) groups is 2. The second kappa shape index (κ2) is 6.09. The van der Waals surface area contributed by atoms with Crippen LogP contribution in [0.1, 0.15) is 51.3 Å². The van der Waals surface area contributed by atoms with E-state index >= 15 is 0 Å². The highest BCUT2D eigenvalue weighted by atomic mass is 16.3. The third-order valence-electron chi connectivity index (χ3n) is 4.53. The summed E-state index contributed by atoms with van der Waals surface area (Å²) in [4.78, 5) is 27.4. The van der Waals surface area contributed by atoms with E-state index in [9.17, 15) is 19.8 Å². The maximum absolute atomic E-state index is 12.7. The van der Waals surface area contributed by atoms with E-state index in [4.69, 9.17) is 0 Å². The molecule has 0 amide bonds. The number of carbonyl (C=O) groups excluding carboxylic acids is 2. The first-order valence-corrected chi connectivity index (χ1v) is 7.98. The number of fused-ring (bicyclic) bond motifs is 2. The standard InChI is InChI=1S/C19H19NO4/c1-3-20(4-2)10-11-9-14-15(19(24)16(11)21)18(23)13-8-6-5-7-12(13)17(14)22/h5-9,21,24H,3-4,10H2,1-2H3. The molecule has 5 heteroatoms. The van der Waals surface area contributed by atoms with Crippen molar-refractivity contribution < 1.29 is 19.8 Å². The van der Waals surface area contributed by atoms with Crippen molar-refractivity contribution in [3.63, 3.8) is 0 Å². The molecule has 5 nitrogen and oxygen atoms in total. The lowest BCUT2D eigenvalue weighted by atomic mass is 9.82. The van der Waals surface area contributed by atoms with Gasteiger partial charge >= 0.3 is 0 Å². The third kappa shape index (κ3) is 2.37. The molecule has 0 heterocycles. The van der Waals surface area contributed by atoms with Crippen molar-refractivity contribution in [2.24, 2.45) is 0 Å². The Morgan fingerprint density at radius 3 is 2.04 bits per heavy atom. The zero-order valence-corrected chi connectivity index (χ0v) is 13.7. The molecule has 3 rings (SSSR count). The van der Waals surface area contributed by atoms with E-state index < -0.39 is 11.5 Å². The van der Waals surface area contributed by atoms with Crippen LogP contribution in [-0.4, -0.2) is 39.8 Å². The van der Waals surface area contributed by atoms with Crippen LogP contribution in [-0.2, 0) is 6.54 Å². The molecule has 0 atom stereocenters. The smallest absolute Gasteiger partial charge is 0.198 e. The van der Waals surface area contributed by atoms with E-state index in [1.54, 1.807) is 24.3 Å². The third-order valence-corrected chi connectivity index (χ3v) is 4.53. The molecule has 1 aliphatic carbocycles. The first-order chi connectivity index (χ1) is 11.5. The van der Waals surface area contributed by atoms with Gasteiger partial charge in [-0.3, -0.25) is 14.5 Å². The number of aromatic hydroxyl groups is 2. The van der Waals surface area contributed by atoms with E-state index in [1.165, 1.54) is 6.07 Å². The minimum Gasteiger partial charge on any atom is -0.504 e. The van der Waals surface area contributed by atoms with Crippen molar-refractivity contribution in [2.45, 2.75) is 20.4 Å². The molecular weight excluding hydrogens is 306 g/mol. The largest absolute Gasteiger partial charge is 0.504 e. The molecule has 0 unspecified atom stereocenters. The minimum atomic E-state index is -0.512. The number of benzene rings is 2. The molecule has 2 N–H and O–H groups in total. The number of hydrogen-bond donors (Lipinski definition) is 2. The summed E-state index contributed by atoms with van der Waals surface area (Å²) in [7, 11) is 0. The number of nitrogens with zero attached hydrogens (tertiary/aromatic N) is 1. The molecule has 0 aromatic heterocycles. The Hall–Kier alpha value is -2.66. The van der Waals surface area contributed by atoms with Crippen LogP contribution >= 0.6 is 0 Å². The topological polar surface area (TPSA) is 77.8 Å². The summed E-state index contributed by atoms with van der Waals surface area (Å²) in [6.45, 7) is 5.91. The fraction of sp³-hybridized carbons (Fsp3) is 0.263. The van der Waals surface area contributed by atoms with Crippen LogP contribution in [0, 0.1) is 0 Å². The molecule has 0 bridgehead atoms. The summed E-state index contributed by atoms with van der Waals surface area (Å²) in [5, 5.41) is 20.7. The van der Waals surface area contributed by atoms with Crippen LogP contribution in [0.25, 0.3) is 0 Å². The van der Waals surface area contributed by atoms with Crippen LogP contribution in [0.3, 0.4) is 0 Å². The highest BCUT2D eigenvalue weighted by Gasteiger charge is 2.34. The van der Waals surface area contributed by atoms with Gasteiger partial charge in [0.15, 0.2) is 23.1 Å². The second-order valence-corrected chi connectivity index (χ2v) is 5.82. The van der Waals surface area contributed by atoms with Crippen LogP contribution < -0.4 is 0 Å². The lowest BCUT2D eigenvalue weighted by Crippen LogP contribution is -2.24. The molecular formula is C19H19NO4. The average Bonchev–Trinajstić information content (AvgIpc) is 2.60. The van der Waals surface area contributed by atoms with Gasteiger partial charge in [0, 0.05) is 28.8 Å². The van der Waals surface area contributed by atoms with E-state index in [0.29, 0.717) is 17.7 Å². The molecule has 0 saturated heterocycles. The molecule has 1 aliphatic rings. The van der Waals surface area contributed by atoms with Crippen molar-refractivity contribution in [1.82, 2.24) is 4.90 Å². The Balaban J connectivity index is 2.17. The number of hydrogen-bond acceptors (Lipinski definition) is 5. The van der Waals surface area contributed by atoms with Crippen molar-refractivity contribution in [1.29, 1.82) is 0 Å². The molecule has 0 saturated carbocycles. The Morgan fingerprint density at radius 2 is 1.46 bits per heavy atom. The van der Waals surface area contributed by atoms with Gasteiger partial charge in [-0.15, -0.1) is 0 Å². The van der Waals surface area contributed by atoms with E-state index in [1.807, 2.05) is 18.7 Å². The molecule has 0 radical (unpaired) electrons. The predicted octanol–water partition coefficient (Wildman–Crippen LogP) is 2.72. The fourth-order valence-electron chi connectivity index (χ4n) is 3.09. The SMILES string of the molecule is CCN(CC)Cc1cc2c(c(O)c1O)C(=O)c1ccccc1C2=O. The van der Waals surface area contributed by atoms with Crippen LogP contribution in [0.5, 0.6) is 11.5 Å². The van der Waals surface area contributed by atoms with Gasteiger partial charge in [0.05, 0.1) is 5.56 Å². The van der Waals surface area contributed by atoms with Gasteiger partial charge in [0.1, 0.15) is 0 Å². The van der Waals surface area contributed by atoms with Crippen molar-refractivity contribution >= 4 is 11.6 Å². The summed E-state index contributed by atoms with van der Waals surface area (Å²) in [5.74, 6) is -1.60. The quantitative estimate of drug-likeness (QED) is 0.721. The van der Waals surface area contributed by atoms with Gasteiger partial charge in [0.2, 0.25) is 0 Å². The van der Waals surface area contributed by atoms with Crippen molar-refractivity contribution in [2.75, 3.05) is 13.1 Å². The Kier molecular flexibility index (Phi) is 4.11. The van der Waals surface area contributed by atoms with E-state index in [2.05, 4.69) is 0 Å². The first-order valence-electron chi connectivity index (χ1n) is 7.98. The lowest BCUT2D eigenvalue weighted by Gasteiger charge is -2.23. The molecule has 2 aromatic rings. The molecule has 24 heavy (non-hydrogen) atoms. The zero-order chi connectivity index (χ0) is 17.4. The number of phenolic OH excluding ortho intramolecular Hbond substituents is 2. The van der Waals surface area contributed by atoms with Crippen molar-refractivity contribution in [3.8, 4) is 11.5 Å². The summed E-state index contributed by atoms with van der Waals surface area (Å²) in [6, 6.07) is 8.05. The van der Waals surface area contributed by atoms with Crippen LogP contribution in [0.2, 0.25) is 0 Å². The summed E-state index contributed by atoms with van der Waals surface area (Å²) < 4.78 is 0. The summed E-state index contributed by atoms with van der Waals surface area (Å²) in [5.41, 5.74) is 1.06. The van der Waals surface area contributed by atoms with Gasteiger partial charge in [-0.05, 0) is 19.2 Å². The maximum Gasteiger partial charge on any atom is 0.198 e.